The summed E-state index contributed by atoms with van der Waals surface area (Å²) in [5.74, 6) is 0.0197. The summed E-state index contributed by atoms with van der Waals surface area (Å²) in [7, 11) is 3.87. The van der Waals surface area contributed by atoms with Gasteiger partial charge in [-0.25, -0.2) is 4.79 Å². The lowest BCUT2D eigenvalue weighted by Gasteiger charge is -2.37. The number of fused-ring (bicyclic) bond motifs is 3. The topological polar surface area (TPSA) is 56.4 Å². The third-order valence-electron chi connectivity index (χ3n) is 6.47. The van der Waals surface area contributed by atoms with Crippen molar-refractivity contribution in [1.29, 1.82) is 0 Å². The number of carbonyl (C=O) groups excluding carboxylic acids is 1. The molecule has 1 unspecified atom stereocenters. The highest BCUT2D eigenvalue weighted by molar-refractivity contribution is 5.74. The average molecular weight is 447 g/mol. The van der Waals surface area contributed by atoms with E-state index in [1.807, 2.05) is 49.3 Å². The summed E-state index contributed by atoms with van der Waals surface area (Å²) in [6.07, 6.45) is -3.07. The normalized spacial score (nSPS) is 24.4. The van der Waals surface area contributed by atoms with E-state index < -0.39 is 11.7 Å². The molecule has 3 N–H and O–H groups in total. The standard InChI is InChI=1S/C24H29F3N4O/c1-31(2)11-10-28-23(32)29-17-13-18-19-12-16(24(25,26)27)8-9-21(19)30-22(20(18)14-17)15-6-4-3-5-7-15/h3-9,12,17-18,20,22,30H,10-11,13-14H2,1-2H3,(H2,28,29,32)/t17-,18+,20?,22-/m0/s1. The highest BCUT2D eigenvalue weighted by Crippen LogP contribution is 2.53. The minimum atomic E-state index is -4.39. The molecule has 2 aliphatic rings. The van der Waals surface area contributed by atoms with E-state index in [1.165, 1.54) is 6.07 Å². The van der Waals surface area contributed by atoms with Crippen molar-refractivity contribution in [3.05, 3.63) is 65.2 Å². The molecule has 32 heavy (non-hydrogen) atoms. The van der Waals surface area contributed by atoms with Crippen molar-refractivity contribution >= 4 is 11.7 Å². The zero-order valence-electron chi connectivity index (χ0n) is 18.2. The minimum Gasteiger partial charge on any atom is -0.378 e. The number of alkyl halides is 3. The Bertz CT molecular complexity index is 948. The van der Waals surface area contributed by atoms with E-state index in [9.17, 15) is 18.0 Å². The van der Waals surface area contributed by atoms with Crippen LogP contribution in [0.25, 0.3) is 0 Å². The second-order valence-electron chi connectivity index (χ2n) is 8.97. The molecule has 4 rings (SSSR count). The lowest BCUT2D eigenvalue weighted by molar-refractivity contribution is -0.137. The Morgan fingerprint density at radius 3 is 2.56 bits per heavy atom. The van der Waals surface area contributed by atoms with Crippen LogP contribution < -0.4 is 16.0 Å². The lowest BCUT2D eigenvalue weighted by Crippen LogP contribution is -2.43. The summed E-state index contributed by atoms with van der Waals surface area (Å²) < 4.78 is 40.1. The molecule has 1 aliphatic carbocycles. The van der Waals surface area contributed by atoms with Crippen LogP contribution in [-0.2, 0) is 6.18 Å². The van der Waals surface area contributed by atoms with Gasteiger partial charge in [0.05, 0.1) is 11.6 Å². The van der Waals surface area contributed by atoms with Gasteiger partial charge in [-0.05, 0) is 68.1 Å². The zero-order valence-corrected chi connectivity index (χ0v) is 18.2. The molecule has 2 aromatic rings. The van der Waals surface area contributed by atoms with Crippen LogP contribution in [0.5, 0.6) is 0 Å². The summed E-state index contributed by atoms with van der Waals surface area (Å²) >= 11 is 0. The molecular weight excluding hydrogens is 417 g/mol. The molecule has 172 valence electrons. The molecular formula is C24H29F3N4O. The number of rotatable bonds is 5. The Hall–Kier alpha value is -2.74. The maximum absolute atomic E-state index is 13.4. The number of benzene rings is 2. The fourth-order valence-electron chi connectivity index (χ4n) is 4.99. The van der Waals surface area contributed by atoms with Crippen molar-refractivity contribution in [3.63, 3.8) is 0 Å². The van der Waals surface area contributed by atoms with E-state index in [0.717, 1.165) is 23.9 Å². The van der Waals surface area contributed by atoms with Crippen molar-refractivity contribution in [3.8, 4) is 0 Å². The molecule has 5 nitrogen and oxygen atoms in total. The number of urea groups is 1. The predicted molar refractivity (Wildman–Crippen MR) is 119 cm³/mol. The summed E-state index contributed by atoms with van der Waals surface area (Å²) in [4.78, 5) is 14.3. The van der Waals surface area contributed by atoms with Crippen molar-refractivity contribution in [2.75, 3.05) is 32.5 Å². The third-order valence-corrected chi connectivity index (χ3v) is 6.47. The minimum absolute atomic E-state index is 0.0194. The van der Waals surface area contributed by atoms with Crippen LogP contribution >= 0.6 is 0 Å². The third kappa shape index (κ3) is 4.85. The van der Waals surface area contributed by atoms with Gasteiger partial charge < -0.3 is 20.9 Å². The van der Waals surface area contributed by atoms with Crippen LogP contribution in [-0.4, -0.2) is 44.2 Å². The molecule has 2 aromatic carbocycles. The fourth-order valence-corrected chi connectivity index (χ4v) is 4.99. The van der Waals surface area contributed by atoms with Gasteiger partial charge in [-0.2, -0.15) is 13.2 Å². The van der Waals surface area contributed by atoms with Crippen LogP contribution in [0.3, 0.4) is 0 Å². The number of halogens is 3. The molecule has 8 heteroatoms. The van der Waals surface area contributed by atoms with Crippen molar-refractivity contribution in [1.82, 2.24) is 15.5 Å². The molecule has 4 atom stereocenters. The first-order valence-corrected chi connectivity index (χ1v) is 10.9. The predicted octanol–water partition coefficient (Wildman–Crippen LogP) is 4.60. The van der Waals surface area contributed by atoms with E-state index in [2.05, 4.69) is 16.0 Å². The second kappa shape index (κ2) is 9.02. The number of anilines is 1. The number of hydrogen-bond donors (Lipinski definition) is 3. The van der Waals surface area contributed by atoms with Gasteiger partial charge in [0.25, 0.3) is 0 Å². The first-order valence-electron chi connectivity index (χ1n) is 10.9. The van der Waals surface area contributed by atoms with Crippen molar-refractivity contribution in [2.45, 2.75) is 37.0 Å². The number of likely N-dealkylation sites (N-methyl/N-ethyl adjacent to an activating group) is 1. The monoisotopic (exact) mass is 446 g/mol. The first-order chi connectivity index (χ1) is 15.2. The number of nitrogens with zero attached hydrogens (tertiary/aromatic N) is 1. The van der Waals surface area contributed by atoms with Crippen LogP contribution in [0.1, 0.15) is 41.5 Å². The van der Waals surface area contributed by atoms with Crippen LogP contribution in [0.4, 0.5) is 23.7 Å². The second-order valence-corrected chi connectivity index (χ2v) is 8.97. The summed E-state index contributed by atoms with van der Waals surface area (Å²) in [5.41, 5.74) is 1.90. The molecule has 0 spiro atoms. The number of nitrogens with one attached hydrogen (secondary N) is 3. The van der Waals surface area contributed by atoms with E-state index in [4.69, 9.17) is 0 Å². The average Bonchev–Trinajstić information content (AvgIpc) is 3.16. The molecule has 0 saturated heterocycles. The summed E-state index contributed by atoms with van der Waals surface area (Å²) in [5, 5.41) is 9.38. The summed E-state index contributed by atoms with van der Waals surface area (Å²) in [6, 6.07) is 13.6. The van der Waals surface area contributed by atoms with E-state index in [1.54, 1.807) is 6.07 Å². The Morgan fingerprint density at radius 1 is 1.12 bits per heavy atom. The number of amides is 2. The van der Waals surface area contributed by atoms with Gasteiger partial charge in [0.1, 0.15) is 0 Å². The largest absolute Gasteiger partial charge is 0.416 e. The first kappa shape index (κ1) is 22.5. The van der Waals surface area contributed by atoms with Gasteiger partial charge in [-0.3, -0.25) is 0 Å². The molecule has 0 radical (unpaired) electrons. The maximum Gasteiger partial charge on any atom is 0.416 e. The lowest BCUT2D eigenvalue weighted by atomic mass is 9.77. The SMILES string of the molecule is CN(C)CCNC(=O)N[C@@H]1CC2[C@H](C1)c1cc(C(F)(F)F)ccc1N[C@H]2c1ccccc1. The van der Waals surface area contributed by atoms with Crippen LogP contribution in [0.2, 0.25) is 0 Å². The van der Waals surface area contributed by atoms with Crippen molar-refractivity contribution in [2.24, 2.45) is 5.92 Å². The zero-order chi connectivity index (χ0) is 22.9. The van der Waals surface area contributed by atoms with Crippen LogP contribution in [0, 0.1) is 5.92 Å². The smallest absolute Gasteiger partial charge is 0.378 e. The van der Waals surface area contributed by atoms with Crippen LogP contribution in [0.15, 0.2) is 48.5 Å². The number of hydrogen-bond acceptors (Lipinski definition) is 3. The number of carbonyl (C=O) groups is 1. The van der Waals surface area contributed by atoms with Gasteiger partial charge >= 0.3 is 12.2 Å². The maximum atomic E-state index is 13.4. The Labute approximate surface area is 186 Å². The van der Waals surface area contributed by atoms with Gasteiger partial charge in [-0.1, -0.05) is 30.3 Å². The van der Waals surface area contributed by atoms with Gasteiger partial charge in [0.2, 0.25) is 0 Å². The Morgan fingerprint density at radius 2 is 1.88 bits per heavy atom. The van der Waals surface area contributed by atoms with E-state index in [0.29, 0.717) is 24.9 Å². The molecule has 2 amide bonds. The van der Waals surface area contributed by atoms with Gasteiger partial charge in [0, 0.05) is 24.8 Å². The van der Waals surface area contributed by atoms with E-state index >= 15 is 0 Å². The Kier molecular flexibility index (Phi) is 6.33. The molecule has 0 aromatic heterocycles. The molecule has 1 aliphatic heterocycles. The fraction of sp³-hybridized carbons (Fsp3) is 0.458. The van der Waals surface area contributed by atoms with Gasteiger partial charge in [-0.15, -0.1) is 0 Å². The highest BCUT2D eigenvalue weighted by Gasteiger charge is 2.45. The molecule has 1 heterocycles. The van der Waals surface area contributed by atoms with E-state index in [-0.39, 0.29) is 30.0 Å². The summed E-state index contributed by atoms with van der Waals surface area (Å²) in [6.45, 7) is 1.27. The highest BCUT2D eigenvalue weighted by atomic mass is 19.4. The molecule has 1 saturated carbocycles. The Balaban J connectivity index is 1.58. The molecule has 1 fully saturated rings. The quantitative estimate of drug-likeness (QED) is 0.630. The van der Waals surface area contributed by atoms with Gasteiger partial charge in [0.15, 0.2) is 0 Å². The van der Waals surface area contributed by atoms with Crippen molar-refractivity contribution < 1.29 is 18.0 Å². The molecule has 0 bridgehead atoms.